The summed E-state index contributed by atoms with van der Waals surface area (Å²) < 4.78 is 0. The zero-order chi connectivity index (χ0) is 19.0. The lowest BCUT2D eigenvalue weighted by Gasteiger charge is -2.10. The van der Waals surface area contributed by atoms with Crippen molar-refractivity contribution in [3.8, 4) is 11.1 Å². The third kappa shape index (κ3) is 3.37. The Morgan fingerprint density at radius 1 is 1.11 bits per heavy atom. The van der Waals surface area contributed by atoms with Crippen LogP contribution in [0.25, 0.3) is 22.0 Å². The molecular weight excluding hydrogens is 344 g/mol. The third-order valence-corrected chi connectivity index (χ3v) is 4.78. The number of nitrogens with zero attached hydrogens (tertiary/aromatic N) is 2. The summed E-state index contributed by atoms with van der Waals surface area (Å²) in [5.41, 5.74) is 5.25. The van der Waals surface area contributed by atoms with Crippen LogP contribution in [0.5, 0.6) is 0 Å². The molecule has 0 atom stereocenters. The topological polar surface area (TPSA) is 104 Å². The Hall–Kier alpha value is -3.32. The van der Waals surface area contributed by atoms with E-state index in [-0.39, 0.29) is 11.8 Å². The second-order valence-electron chi connectivity index (χ2n) is 6.66. The Morgan fingerprint density at radius 2 is 1.89 bits per heavy atom. The van der Waals surface area contributed by atoms with Gasteiger partial charge < -0.3 is 5.32 Å². The predicted molar refractivity (Wildman–Crippen MR) is 100 cm³/mol. The van der Waals surface area contributed by atoms with Crippen molar-refractivity contribution < 1.29 is 14.8 Å². The zero-order valence-electron chi connectivity index (χ0n) is 14.7. The van der Waals surface area contributed by atoms with Crippen LogP contribution < -0.4 is 10.8 Å². The molecule has 4 rings (SSSR count). The first-order valence-corrected chi connectivity index (χ1v) is 8.68. The maximum atomic E-state index is 12.0. The van der Waals surface area contributed by atoms with Crippen molar-refractivity contribution in [2.45, 2.75) is 19.8 Å². The minimum atomic E-state index is -0.596. The fourth-order valence-corrected chi connectivity index (χ4v) is 3.05. The van der Waals surface area contributed by atoms with Gasteiger partial charge in [-0.25, -0.2) is 10.5 Å². The summed E-state index contributed by atoms with van der Waals surface area (Å²) in [7, 11) is 0. The number of hydroxylamine groups is 1. The molecule has 2 heterocycles. The molecule has 0 saturated heterocycles. The average Bonchev–Trinajstić information content (AvgIpc) is 3.53. The summed E-state index contributed by atoms with van der Waals surface area (Å²) >= 11 is 0. The molecule has 136 valence electrons. The van der Waals surface area contributed by atoms with Gasteiger partial charge in [-0.05, 0) is 60.7 Å². The number of hydrogen-bond acceptors (Lipinski definition) is 5. The molecule has 1 aromatic carbocycles. The van der Waals surface area contributed by atoms with Gasteiger partial charge in [0.25, 0.3) is 5.91 Å². The number of fused-ring (bicyclic) bond motifs is 1. The Morgan fingerprint density at radius 3 is 2.63 bits per heavy atom. The van der Waals surface area contributed by atoms with Crippen molar-refractivity contribution in [3.05, 3.63) is 53.9 Å². The van der Waals surface area contributed by atoms with E-state index in [1.807, 2.05) is 37.3 Å². The maximum absolute atomic E-state index is 12.0. The van der Waals surface area contributed by atoms with Gasteiger partial charge in [0, 0.05) is 23.7 Å². The summed E-state index contributed by atoms with van der Waals surface area (Å²) in [4.78, 5) is 32.3. The molecule has 1 saturated carbocycles. The van der Waals surface area contributed by atoms with Gasteiger partial charge in [0.05, 0.1) is 11.1 Å². The molecule has 3 aromatic rings. The Bertz CT molecular complexity index is 1060. The Labute approximate surface area is 155 Å². The second kappa shape index (κ2) is 6.77. The summed E-state index contributed by atoms with van der Waals surface area (Å²) in [5.74, 6) is 0.0489. The van der Waals surface area contributed by atoms with Crippen LogP contribution >= 0.6 is 0 Å². The molecule has 0 bridgehead atoms. The van der Waals surface area contributed by atoms with Gasteiger partial charge >= 0.3 is 0 Å². The van der Waals surface area contributed by atoms with Gasteiger partial charge in [-0.2, -0.15) is 0 Å². The molecule has 27 heavy (non-hydrogen) atoms. The first kappa shape index (κ1) is 17.1. The monoisotopic (exact) mass is 362 g/mol. The predicted octanol–water partition coefficient (Wildman–Crippen LogP) is 3.07. The molecule has 0 aliphatic heterocycles. The molecule has 2 aromatic heterocycles. The number of aryl methyl sites for hydroxylation is 1. The molecule has 0 unspecified atom stereocenters. The lowest BCUT2D eigenvalue weighted by atomic mass is 9.99. The van der Waals surface area contributed by atoms with Gasteiger partial charge in [0.2, 0.25) is 5.91 Å². The van der Waals surface area contributed by atoms with Crippen molar-refractivity contribution in [1.29, 1.82) is 0 Å². The second-order valence-corrected chi connectivity index (χ2v) is 6.66. The normalized spacial score (nSPS) is 13.4. The minimum absolute atomic E-state index is 0.0119. The number of nitrogens with one attached hydrogen (secondary N) is 2. The molecule has 7 heteroatoms. The van der Waals surface area contributed by atoms with E-state index in [1.54, 1.807) is 11.7 Å². The Balaban J connectivity index is 1.72. The standard InChI is InChI=1S/C20H18N4O3/c1-11-15-8-13(4-5-17(15)22-10-16(11)20(26)24-27)14-6-7-21-18(9-14)23-19(25)12-2-3-12/h4-10,12,27H,2-3H2,1H3,(H,24,26)(H,21,23,25). The fourth-order valence-electron chi connectivity index (χ4n) is 3.05. The highest BCUT2D eigenvalue weighted by molar-refractivity contribution is 6.00. The molecule has 7 nitrogen and oxygen atoms in total. The van der Waals surface area contributed by atoms with Crippen LogP contribution in [-0.2, 0) is 4.79 Å². The maximum Gasteiger partial charge on any atom is 0.276 e. The van der Waals surface area contributed by atoms with Crippen LogP contribution in [0.1, 0.15) is 28.8 Å². The first-order chi connectivity index (χ1) is 13.1. The number of amides is 2. The number of pyridine rings is 2. The summed E-state index contributed by atoms with van der Waals surface area (Å²) in [6, 6.07) is 9.44. The van der Waals surface area contributed by atoms with Gasteiger partial charge in [-0.1, -0.05) is 6.07 Å². The SMILES string of the molecule is Cc1c(C(=O)NO)cnc2ccc(-c3ccnc(NC(=O)C4CC4)c3)cc12. The van der Waals surface area contributed by atoms with Crippen LogP contribution in [0, 0.1) is 12.8 Å². The average molecular weight is 362 g/mol. The van der Waals surface area contributed by atoms with E-state index in [4.69, 9.17) is 5.21 Å². The summed E-state index contributed by atoms with van der Waals surface area (Å²) in [6.07, 6.45) is 4.97. The number of rotatable bonds is 4. The van der Waals surface area contributed by atoms with Crippen LogP contribution in [0.15, 0.2) is 42.7 Å². The molecule has 0 radical (unpaired) electrons. The number of anilines is 1. The smallest absolute Gasteiger partial charge is 0.276 e. The van der Waals surface area contributed by atoms with E-state index in [2.05, 4.69) is 15.3 Å². The van der Waals surface area contributed by atoms with E-state index >= 15 is 0 Å². The third-order valence-electron chi connectivity index (χ3n) is 4.78. The first-order valence-electron chi connectivity index (χ1n) is 8.68. The van der Waals surface area contributed by atoms with Crippen molar-refractivity contribution in [2.24, 2.45) is 5.92 Å². The highest BCUT2D eigenvalue weighted by Crippen LogP contribution is 2.31. The van der Waals surface area contributed by atoms with E-state index in [0.29, 0.717) is 11.4 Å². The van der Waals surface area contributed by atoms with Crippen molar-refractivity contribution >= 4 is 28.5 Å². The van der Waals surface area contributed by atoms with Gasteiger partial charge in [0.1, 0.15) is 5.82 Å². The van der Waals surface area contributed by atoms with Crippen molar-refractivity contribution in [3.63, 3.8) is 0 Å². The molecule has 3 N–H and O–H groups in total. The quantitative estimate of drug-likeness (QED) is 0.489. The van der Waals surface area contributed by atoms with E-state index in [1.165, 1.54) is 6.20 Å². The van der Waals surface area contributed by atoms with E-state index < -0.39 is 5.91 Å². The lowest BCUT2D eigenvalue weighted by molar-refractivity contribution is -0.117. The molecule has 1 aliphatic rings. The number of aromatic nitrogens is 2. The van der Waals surface area contributed by atoms with Gasteiger partial charge in [-0.15, -0.1) is 0 Å². The molecular formula is C20H18N4O3. The summed E-state index contributed by atoms with van der Waals surface area (Å²) in [6.45, 7) is 1.81. The Kier molecular flexibility index (Phi) is 4.29. The van der Waals surface area contributed by atoms with Gasteiger partial charge in [0.15, 0.2) is 0 Å². The van der Waals surface area contributed by atoms with Crippen LogP contribution in [0.3, 0.4) is 0 Å². The largest absolute Gasteiger partial charge is 0.310 e. The number of carbonyl (C=O) groups is 2. The zero-order valence-corrected chi connectivity index (χ0v) is 14.7. The highest BCUT2D eigenvalue weighted by atomic mass is 16.5. The minimum Gasteiger partial charge on any atom is -0.310 e. The van der Waals surface area contributed by atoms with E-state index in [9.17, 15) is 9.59 Å². The highest BCUT2D eigenvalue weighted by Gasteiger charge is 2.29. The summed E-state index contributed by atoms with van der Waals surface area (Å²) in [5, 5.41) is 12.6. The molecule has 1 aliphatic carbocycles. The number of carbonyl (C=O) groups excluding carboxylic acids is 2. The molecule has 1 fully saturated rings. The van der Waals surface area contributed by atoms with Crippen molar-refractivity contribution in [1.82, 2.24) is 15.4 Å². The van der Waals surface area contributed by atoms with Crippen LogP contribution in [0.2, 0.25) is 0 Å². The number of hydrogen-bond donors (Lipinski definition) is 3. The number of benzene rings is 1. The van der Waals surface area contributed by atoms with Crippen LogP contribution in [-0.4, -0.2) is 27.0 Å². The lowest BCUT2D eigenvalue weighted by Crippen LogP contribution is -2.20. The fraction of sp³-hybridized carbons (Fsp3) is 0.200. The molecule has 0 spiro atoms. The molecule has 2 amide bonds. The van der Waals surface area contributed by atoms with E-state index in [0.717, 1.165) is 40.4 Å². The van der Waals surface area contributed by atoms with Crippen molar-refractivity contribution in [2.75, 3.05) is 5.32 Å². The van der Waals surface area contributed by atoms with Gasteiger partial charge in [-0.3, -0.25) is 19.8 Å². The van der Waals surface area contributed by atoms with Crippen LogP contribution in [0.4, 0.5) is 5.82 Å².